The molecule has 1 amide bonds. The van der Waals surface area contributed by atoms with E-state index in [-0.39, 0.29) is 22.7 Å². The van der Waals surface area contributed by atoms with Crippen LogP contribution in [0.4, 0.5) is 11.4 Å². The van der Waals surface area contributed by atoms with E-state index in [0.717, 1.165) is 36.2 Å². The lowest BCUT2D eigenvalue weighted by Crippen LogP contribution is -2.38. The first kappa shape index (κ1) is 29.1. The maximum absolute atomic E-state index is 13.2. The van der Waals surface area contributed by atoms with Crippen LogP contribution in [0.3, 0.4) is 0 Å². The van der Waals surface area contributed by atoms with Crippen molar-refractivity contribution in [3.05, 3.63) is 53.6 Å². The molecule has 0 saturated carbocycles. The van der Waals surface area contributed by atoms with Gasteiger partial charge >= 0.3 is 0 Å². The molecule has 0 aromatic heterocycles. The fourth-order valence-electron chi connectivity index (χ4n) is 4.41. The summed E-state index contributed by atoms with van der Waals surface area (Å²) in [6, 6.07) is 10.8. The lowest BCUT2D eigenvalue weighted by atomic mass is 9.90. The number of nitrogens with zero attached hydrogens (tertiary/aromatic N) is 2. The largest absolute Gasteiger partial charge is 0.326 e. The maximum atomic E-state index is 13.2. The van der Waals surface area contributed by atoms with Crippen molar-refractivity contribution >= 4 is 37.3 Å². The number of amides is 1. The van der Waals surface area contributed by atoms with Crippen molar-refractivity contribution in [2.24, 2.45) is 17.6 Å². The minimum absolute atomic E-state index is 0.146. The van der Waals surface area contributed by atoms with Crippen molar-refractivity contribution in [3.8, 4) is 0 Å². The van der Waals surface area contributed by atoms with E-state index in [9.17, 15) is 21.6 Å². The molecule has 1 saturated heterocycles. The van der Waals surface area contributed by atoms with Crippen molar-refractivity contribution in [3.63, 3.8) is 0 Å². The fraction of sp³-hybridized carbons (Fsp3) is 0.500. The van der Waals surface area contributed by atoms with E-state index in [4.69, 9.17) is 5.73 Å². The molecule has 0 radical (unpaired) electrons. The van der Waals surface area contributed by atoms with E-state index in [1.165, 1.54) is 35.6 Å². The van der Waals surface area contributed by atoms with Gasteiger partial charge in [-0.05, 0) is 66.6 Å². The molecule has 3 N–H and O–H groups in total. The molecule has 1 fully saturated rings. The zero-order chi connectivity index (χ0) is 27.4. The second kappa shape index (κ2) is 11.9. The summed E-state index contributed by atoms with van der Waals surface area (Å²) < 4.78 is 53.0. The average Bonchev–Trinajstić information content (AvgIpc) is 2.86. The molecule has 204 valence electrons. The number of nitrogens with two attached hydrogens (primary N) is 1. The third-order valence-corrected chi connectivity index (χ3v) is 9.96. The number of carbonyl (C=O) groups is 1. The summed E-state index contributed by atoms with van der Waals surface area (Å²) in [6.07, 6.45) is 5.08. The molecule has 0 spiro atoms. The summed E-state index contributed by atoms with van der Waals surface area (Å²) in [6.45, 7) is 5.62. The van der Waals surface area contributed by atoms with Crippen LogP contribution in [0, 0.1) is 11.8 Å². The molecule has 2 aromatic rings. The summed E-state index contributed by atoms with van der Waals surface area (Å²) >= 11 is 0. The number of nitrogens with one attached hydrogen (secondary N) is 1. The maximum Gasteiger partial charge on any atom is 0.257 e. The Morgan fingerprint density at radius 3 is 2.24 bits per heavy atom. The number of hydrogen-bond donors (Lipinski definition) is 2. The molecule has 1 aliphatic heterocycles. The van der Waals surface area contributed by atoms with Crippen molar-refractivity contribution < 1.29 is 21.6 Å². The number of benzene rings is 2. The summed E-state index contributed by atoms with van der Waals surface area (Å²) in [5, 5.41) is 2.73. The molecule has 0 aliphatic carbocycles. The molecule has 37 heavy (non-hydrogen) atoms. The van der Waals surface area contributed by atoms with E-state index >= 15 is 0 Å². The van der Waals surface area contributed by atoms with Crippen LogP contribution in [-0.4, -0.2) is 53.4 Å². The standard InChI is InChI=1S/C26H38N4O5S2/c1-19(2)5-6-20-13-15-30(16-14-20)37(34,35)23-10-8-22(9-11-23)28-26(31)24-17-21(18-27)7-12-25(24)29(3)36(4,32)33/h7-12,17,19-20H,5-6,13-16,18,27H2,1-4H3,(H,28,31). The molecule has 0 atom stereocenters. The Labute approximate surface area is 221 Å². The van der Waals surface area contributed by atoms with Crippen LogP contribution >= 0.6 is 0 Å². The SMILES string of the molecule is CC(C)CCC1CCN(S(=O)(=O)c2ccc(NC(=O)c3cc(CN)ccc3N(C)S(C)(=O)=O)cc2)CC1. The first-order chi connectivity index (χ1) is 17.3. The van der Waals surface area contributed by atoms with Gasteiger partial charge in [0.1, 0.15) is 0 Å². The van der Waals surface area contributed by atoms with Gasteiger partial charge in [-0.3, -0.25) is 9.10 Å². The van der Waals surface area contributed by atoms with Gasteiger partial charge in [0.15, 0.2) is 0 Å². The minimum atomic E-state index is -3.62. The number of hydrogen-bond acceptors (Lipinski definition) is 6. The third-order valence-electron chi connectivity index (χ3n) is 6.85. The summed E-state index contributed by atoms with van der Waals surface area (Å²) in [7, 11) is -5.85. The van der Waals surface area contributed by atoms with Crippen molar-refractivity contribution in [1.82, 2.24) is 4.31 Å². The molecule has 0 bridgehead atoms. The fourth-order valence-corrected chi connectivity index (χ4v) is 6.40. The Kier molecular flexibility index (Phi) is 9.38. The first-order valence-electron chi connectivity index (χ1n) is 12.5. The highest BCUT2D eigenvalue weighted by Gasteiger charge is 2.29. The van der Waals surface area contributed by atoms with Gasteiger partial charge in [0, 0.05) is 32.4 Å². The van der Waals surface area contributed by atoms with Crippen LogP contribution in [0.15, 0.2) is 47.4 Å². The van der Waals surface area contributed by atoms with Gasteiger partial charge in [-0.25, -0.2) is 16.8 Å². The van der Waals surface area contributed by atoms with E-state index < -0.39 is 26.0 Å². The van der Waals surface area contributed by atoms with Crippen LogP contribution in [-0.2, 0) is 26.6 Å². The predicted molar refractivity (Wildman–Crippen MR) is 148 cm³/mol. The summed E-state index contributed by atoms with van der Waals surface area (Å²) in [5.41, 5.74) is 7.14. The lowest BCUT2D eigenvalue weighted by Gasteiger charge is -2.31. The van der Waals surface area contributed by atoms with Gasteiger partial charge in [-0.2, -0.15) is 4.31 Å². The number of rotatable bonds is 10. The van der Waals surface area contributed by atoms with Crippen molar-refractivity contribution in [1.29, 1.82) is 0 Å². The molecule has 2 aromatic carbocycles. The molecule has 3 rings (SSSR count). The zero-order valence-corrected chi connectivity index (χ0v) is 23.6. The smallest absolute Gasteiger partial charge is 0.257 e. The molecule has 11 heteroatoms. The molecular weight excluding hydrogens is 512 g/mol. The number of anilines is 2. The predicted octanol–water partition coefficient (Wildman–Crippen LogP) is 3.63. The van der Waals surface area contributed by atoms with E-state index in [1.54, 1.807) is 18.2 Å². The summed E-state index contributed by atoms with van der Waals surface area (Å²) in [4.78, 5) is 13.3. The van der Waals surface area contributed by atoms with Crippen LogP contribution in [0.1, 0.15) is 55.5 Å². The number of piperidine rings is 1. The highest BCUT2D eigenvalue weighted by atomic mass is 32.2. The minimum Gasteiger partial charge on any atom is -0.326 e. The monoisotopic (exact) mass is 550 g/mol. The van der Waals surface area contributed by atoms with Gasteiger partial charge < -0.3 is 11.1 Å². The van der Waals surface area contributed by atoms with Crippen molar-refractivity contribution in [2.45, 2.75) is 51.0 Å². The molecule has 0 unspecified atom stereocenters. The Bertz CT molecular complexity index is 1300. The highest BCUT2D eigenvalue weighted by molar-refractivity contribution is 7.92. The Morgan fingerprint density at radius 2 is 1.70 bits per heavy atom. The normalized spacial score (nSPS) is 15.6. The van der Waals surface area contributed by atoms with E-state index in [0.29, 0.717) is 36.2 Å². The van der Waals surface area contributed by atoms with E-state index in [2.05, 4.69) is 19.2 Å². The highest BCUT2D eigenvalue weighted by Crippen LogP contribution is 2.29. The van der Waals surface area contributed by atoms with Gasteiger partial charge in [0.05, 0.1) is 22.4 Å². The molecule has 1 aliphatic rings. The van der Waals surface area contributed by atoms with Crippen LogP contribution in [0.2, 0.25) is 0 Å². The lowest BCUT2D eigenvalue weighted by molar-refractivity contribution is 0.102. The third kappa shape index (κ3) is 7.31. The van der Waals surface area contributed by atoms with Crippen molar-refractivity contribution in [2.75, 3.05) is 36.0 Å². The number of sulfonamides is 2. The quantitative estimate of drug-likeness (QED) is 0.465. The number of carbonyl (C=O) groups excluding carboxylic acids is 1. The van der Waals surface area contributed by atoms with Crippen LogP contribution < -0.4 is 15.4 Å². The second-order valence-corrected chi connectivity index (χ2v) is 14.0. The van der Waals surface area contributed by atoms with Gasteiger partial charge in [-0.1, -0.05) is 32.8 Å². The molecule has 9 nitrogen and oxygen atoms in total. The van der Waals surface area contributed by atoms with Gasteiger partial charge in [-0.15, -0.1) is 0 Å². The Hall–Kier alpha value is -2.47. The van der Waals surface area contributed by atoms with E-state index in [1.807, 2.05) is 0 Å². The summed E-state index contributed by atoms with van der Waals surface area (Å²) in [5.74, 6) is 0.688. The van der Waals surface area contributed by atoms with Gasteiger partial charge in [0.2, 0.25) is 20.0 Å². The molecule has 1 heterocycles. The Balaban J connectivity index is 1.72. The second-order valence-electron chi connectivity index (χ2n) is 10.1. The van der Waals surface area contributed by atoms with Gasteiger partial charge in [0.25, 0.3) is 5.91 Å². The van der Waals surface area contributed by atoms with Crippen LogP contribution in [0.25, 0.3) is 0 Å². The first-order valence-corrected chi connectivity index (χ1v) is 15.8. The molecular formula is C26H38N4O5S2. The Morgan fingerprint density at radius 1 is 1.08 bits per heavy atom. The van der Waals surface area contributed by atoms with Crippen LogP contribution in [0.5, 0.6) is 0 Å². The topological polar surface area (TPSA) is 130 Å². The zero-order valence-electron chi connectivity index (χ0n) is 22.0. The average molecular weight is 551 g/mol.